The van der Waals surface area contributed by atoms with E-state index in [0.29, 0.717) is 10.8 Å². The fourth-order valence-corrected chi connectivity index (χ4v) is 2.66. The zero-order valence-electron chi connectivity index (χ0n) is 12.8. The Balaban J connectivity index is 1.88. The van der Waals surface area contributed by atoms with Crippen molar-refractivity contribution >= 4 is 35.0 Å². The highest BCUT2D eigenvalue weighted by Gasteiger charge is 2.27. The highest BCUT2D eigenvalue weighted by atomic mass is 35.5. The molecule has 1 aromatic heterocycles. The minimum atomic E-state index is -3.77. The summed E-state index contributed by atoms with van der Waals surface area (Å²) in [5.74, 6) is -0.244. The molecule has 0 unspecified atom stereocenters. The van der Waals surface area contributed by atoms with Crippen LogP contribution >= 0.6 is 23.4 Å². The van der Waals surface area contributed by atoms with E-state index >= 15 is 0 Å². The summed E-state index contributed by atoms with van der Waals surface area (Å²) in [6.45, 7) is 3.71. The highest BCUT2D eigenvalue weighted by Crippen LogP contribution is 2.26. The number of amides is 1. The number of aryl methyl sites for hydroxylation is 2. The number of anilines is 1. The monoisotopic (exact) mass is 373 g/mol. The van der Waals surface area contributed by atoms with Crippen LogP contribution in [-0.2, 0) is 4.79 Å². The highest BCUT2D eigenvalue weighted by molar-refractivity contribution is 7.99. The van der Waals surface area contributed by atoms with Gasteiger partial charge in [-0.05, 0) is 44.2 Å². The van der Waals surface area contributed by atoms with Gasteiger partial charge in [-0.1, -0.05) is 11.8 Å². The van der Waals surface area contributed by atoms with Gasteiger partial charge in [0.1, 0.15) is 5.75 Å². The Morgan fingerprint density at radius 2 is 1.83 bits per heavy atom. The molecule has 128 valence electrons. The number of carbonyl (C=O) groups is 1. The molecule has 5 nitrogen and oxygen atoms in total. The summed E-state index contributed by atoms with van der Waals surface area (Å²) in [5, 5.41) is 3.16. The predicted octanol–water partition coefficient (Wildman–Crippen LogP) is 3.99. The summed E-state index contributed by atoms with van der Waals surface area (Å²) in [7, 11) is 0. The maximum atomic E-state index is 12.5. The summed E-state index contributed by atoms with van der Waals surface area (Å²) in [4.78, 5) is 20.4. The lowest BCUT2D eigenvalue weighted by Gasteiger charge is -2.11. The minimum Gasteiger partial charge on any atom is -0.420 e. The third-order valence-electron chi connectivity index (χ3n) is 2.67. The Hall–Kier alpha value is -1.93. The van der Waals surface area contributed by atoms with Crippen LogP contribution in [0.1, 0.15) is 11.4 Å². The molecule has 0 aliphatic rings. The standard InChI is InChI=1S/C15H14ClF2N3O2S/c1-9-7-10(2)20-14(19-9)24-8-13(22)21-11-3-5-12(6-4-11)23-15(16,17)18/h3-7H,8H2,1-2H3,(H,21,22). The first kappa shape index (κ1) is 18.4. The molecule has 9 heteroatoms. The van der Waals surface area contributed by atoms with Gasteiger partial charge >= 0.3 is 5.57 Å². The molecule has 0 bridgehead atoms. The van der Waals surface area contributed by atoms with E-state index in [1.165, 1.54) is 36.0 Å². The van der Waals surface area contributed by atoms with Crippen molar-refractivity contribution < 1.29 is 18.3 Å². The molecule has 0 radical (unpaired) electrons. The van der Waals surface area contributed by atoms with Crippen LogP contribution in [0.25, 0.3) is 0 Å². The molecule has 1 N–H and O–H groups in total. The number of ether oxygens (including phenoxy) is 1. The number of alkyl halides is 3. The van der Waals surface area contributed by atoms with E-state index < -0.39 is 5.57 Å². The molecule has 0 aliphatic carbocycles. The van der Waals surface area contributed by atoms with Crippen LogP contribution in [0.15, 0.2) is 35.5 Å². The minimum absolute atomic E-state index is 0.106. The van der Waals surface area contributed by atoms with Gasteiger partial charge < -0.3 is 10.1 Å². The molecule has 0 spiro atoms. The zero-order valence-corrected chi connectivity index (χ0v) is 14.4. The van der Waals surface area contributed by atoms with E-state index in [1.807, 2.05) is 19.9 Å². The third-order valence-corrected chi connectivity index (χ3v) is 3.59. The molecule has 2 aromatic rings. The van der Waals surface area contributed by atoms with E-state index in [9.17, 15) is 13.6 Å². The first-order chi connectivity index (χ1) is 11.2. The maximum Gasteiger partial charge on any atom is 0.487 e. The second kappa shape index (κ2) is 7.76. The Kier molecular flexibility index (Phi) is 5.95. The average Bonchev–Trinajstić information content (AvgIpc) is 2.45. The van der Waals surface area contributed by atoms with Crippen LogP contribution < -0.4 is 10.1 Å². The van der Waals surface area contributed by atoms with Gasteiger partial charge in [0.05, 0.1) is 5.75 Å². The van der Waals surface area contributed by atoms with E-state index in [4.69, 9.17) is 0 Å². The topological polar surface area (TPSA) is 64.1 Å². The number of benzene rings is 1. The molecule has 0 fully saturated rings. The maximum absolute atomic E-state index is 12.5. The van der Waals surface area contributed by atoms with Gasteiger partial charge in [-0.25, -0.2) is 9.97 Å². The van der Waals surface area contributed by atoms with E-state index in [1.54, 1.807) is 0 Å². The number of carbonyl (C=O) groups excluding carboxylic acids is 1. The van der Waals surface area contributed by atoms with Crippen LogP contribution in [0, 0.1) is 13.8 Å². The van der Waals surface area contributed by atoms with Gasteiger partial charge in [0.15, 0.2) is 5.16 Å². The van der Waals surface area contributed by atoms with Crippen molar-refractivity contribution in [3.63, 3.8) is 0 Å². The largest absolute Gasteiger partial charge is 0.487 e. The number of rotatable bonds is 6. The lowest BCUT2D eigenvalue weighted by molar-refractivity contribution is -0.113. The Labute approximate surface area is 146 Å². The second-order valence-electron chi connectivity index (χ2n) is 4.84. The Morgan fingerprint density at radius 1 is 1.25 bits per heavy atom. The molecule has 1 aromatic carbocycles. The summed E-state index contributed by atoms with van der Waals surface area (Å²) in [6, 6.07) is 7.29. The van der Waals surface area contributed by atoms with Crippen LogP contribution in [0.5, 0.6) is 5.75 Å². The number of nitrogens with zero attached hydrogens (tertiary/aromatic N) is 2. The number of halogens is 3. The number of hydrogen-bond acceptors (Lipinski definition) is 5. The molecular formula is C15H14ClF2N3O2S. The van der Waals surface area contributed by atoms with Crippen molar-refractivity contribution in [2.24, 2.45) is 0 Å². The van der Waals surface area contributed by atoms with E-state index in [0.717, 1.165) is 11.4 Å². The SMILES string of the molecule is Cc1cc(C)nc(SCC(=O)Nc2ccc(OC(F)(F)Cl)cc2)n1. The molecule has 0 aliphatic heterocycles. The van der Waals surface area contributed by atoms with Gasteiger partial charge in [-0.15, -0.1) is 8.78 Å². The van der Waals surface area contributed by atoms with E-state index in [-0.39, 0.29) is 17.4 Å². The number of thioether (sulfide) groups is 1. The van der Waals surface area contributed by atoms with Crippen molar-refractivity contribution in [2.45, 2.75) is 24.6 Å². The van der Waals surface area contributed by atoms with Gasteiger partial charge in [-0.3, -0.25) is 4.79 Å². The number of hydrogen-bond donors (Lipinski definition) is 1. The first-order valence-electron chi connectivity index (χ1n) is 6.82. The van der Waals surface area contributed by atoms with Crippen LogP contribution in [0.2, 0.25) is 0 Å². The first-order valence-corrected chi connectivity index (χ1v) is 8.18. The summed E-state index contributed by atoms with van der Waals surface area (Å²) >= 11 is 5.89. The molecule has 0 saturated heterocycles. The van der Waals surface area contributed by atoms with Crippen molar-refractivity contribution in [1.82, 2.24) is 9.97 Å². The Morgan fingerprint density at radius 3 is 2.38 bits per heavy atom. The third kappa shape index (κ3) is 6.29. The molecule has 0 atom stereocenters. The fraction of sp³-hybridized carbons (Fsp3) is 0.267. The zero-order chi connectivity index (χ0) is 17.7. The van der Waals surface area contributed by atoms with Crippen molar-refractivity contribution in [2.75, 3.05) is 11.1 Å². The molecule has 2 rings (SSSR count). The van der Waals surface area contributed by atoms with Crippen LogP contribution in [0.4, 0.5) is 14.5 Å². The molecular weight excluding hydrogens is 360 g/mol. The molecule has 1 amide bonds. The fourth-order valence-electron chi connectivity index (χ4n) is 1.83. The summed E-state index contributed by atoms with van der Waals surface area (Å²) in [6.07, 6.45) is 0. The average molecular weight is 374 g/mol. The number of aromatic nitrogens is 2. The molecule has 1 heterocycles. The van der Waals surface area contributed by atoms with Gasteiger partial charge in [-0.2, -0.15) is 0 Å². The van der Waals surface area contributed by atoms with Crippen molar-refractivity contribution in [3.05, 3.63) is 41.7 Å². The van der Waals surface area contributed by atoms with Crippen LogP contribution in [0.3, 0.4) is 0 Å². The van der Waals surface area contributed by atoms with Gasteiger partial charge in [0.25, 0.3) is 0 Å². The molecule has 24 heavy (non-hydrogen) atoms. The lowest BCUT2D eigenvalue weighted by Crippen LogP contribution is -2.16. The summed E-state index contributed by atoms with van der Waals surface area (Å²) in [5.41, 5.74) is -1.66. The Bertz CT molecular complexity index is 703. The predicted molar refractivity (Wildman–Crippen MR) is 88.7 cm³/mol. The van der Waals surface area contributed by atoms with Gasteiger partial charge in [0, 0.05) is 28.7 Å². The molecule has 0 saturated carbocycles. The van der Waals surface area contributed by atoms with Crippen molar-refractivity contribution in [1.29, 1.82) is 0 Å². The van der Waals surface area contributed by atoms with E-state index in [2.05, 4.69) is 31.6 Å². The summed E-state index contributed by atoms with van der Waals surface area (Å²) < 4.78 is 29.2. The van der Waals surface area contributed by atoms with Crippen molar-refractivity contribution in [3.8, 4) is 5.75 Å². The lowest BCUT2D eigenvalue weighted by atomic mass is 10.3. The van der Waals surface area contributed by atoms with Gasteiger partial charge in [0.2, 0.25) is 5.91 Å². The number of nitrogens with one attached hydrogen (secondary N) is 1. The normalized spacial score (nSPS) is 11.2. The second-order valence-corrected chi connectivity index (χ2v) is 6.22. The smallest absolute Gasteiger partial charge is 0.420 e. The van der Waals surface area contributed by atoms with Crippen LogP contribution in [-0.4, -0.2) is 27.2 Å². The quantitative estimate of drug-likeness (QED) is 0.471.